The Labute approximate surface area is 103 Å². The third-order valence-corrected chi connectivity index (χ3v) is 3.17. The van der Waals surface area contributed by atoms with Crippen LogP contribution < -0.4 is 10.1 Å². The van der Waals surface area contributed by atoms with Gasteiger partial charge in [0.25, 0.3) is 0 Å². The first-order chi connectivity index (χ1) is 8.20. The Bertz CT molecular complexity index is 433. The zero-order valence-electron chi connectivity index (χ0n) is 10.5. The SMILES string of the molecule is C#CCC(C)NC(C)c1ccc2c(c1)CCO2. The Morgan fingerprint density at radius 1 is 1.47 bits per heavy atom. The number of rotatable bonds is 4. The Morgan fingerprint density at radius 2 is 2.29 bits per heavy atom. The molecule has 1 aliphatic heterocycles. The zero-order chi connectivity index (χ0) is 12.3. The number of nitrogens with one attached hydrogen (secondary N) is 1. The van der Waals surface area contributed by atoms with E-state index >= 15 is 0 Å². The first-order valence-corrected chi connectivity index (χ1v) is 6.16. The van der Waals surface area contributed by atoms with Crippen molar-refractivity contribution in [3.8, 4) is 18.1 Å². The summed E-state index contributed by atoms with van der Waals surface area (Å²) in [5, 5.41) is 3.50. The number of benzene rings is 1. The summed E-state index contributed by atoms with van der Waals surface area (Å²) in [5.74, 6) is 3.72. The van der Waals surface area contributed by atoms with Crippen molar-refractivity contribution >= 4 is 0 Å². The van der Waals surface area contributed by atoms with Gasteiger partial charge < -0.3 is 10.1 Å². The highest BCUT2D eigenvalue weighted by molar-refractivity contribution is 5.40. The highest BCUT2D eigenvalue weighted by Gasteiger charge is 2.15. The van der Waals surface area contributed by atoms with E-state index < -0.39 is 0 Å². The Hall–Kier alpha value is -1.46. The molecule has 90 valence electrons. The molecule has 0 aliphatic carbocycles. The lowest BCUT2D eigenvalue weighted by Crippen LogP contribution is -2.28. The minimum atomic E-state index is 0.323. The van der Waals surface area contributed by atoms with Crippen LogP contribution in [0.2, 0.25) is 0 Å². The molecule has 17 heavy (non-hydrogen) atoms. The van der Waals surface area contributed by atoms with Gasteiger partial charge in [0.2, 0.25) is 0 Å². The molecule has 1 aromatic rings. The molecule has 0 radical (unpaired) electrons. The molecule has 2 atom stereocenters. The molecule has 0 bridgehead atoms. The second-order valence-corrected chi connectivity index (χ2v) is 4.66. The van der Waals surface area contributed by atoms with Crippen LogP contribution in [0.3, 0.4) is 0 Å². The molecule has 2 heteroatoms. The number of fused-ring (bicyclic) bond motifs is 1. The highest BCUT2D eigenvalue weighted by atomic mass is 16.5. The molecule has 2 unspecified atom stereocenters. The fourth-order valence-electron chi connectivity index (χ4n) is 2.23. The molecule has 0 saturated heterocycles. The molecule has 2 rings (SSSR count). The molecule has 1 aliphatic rings. The average molecular weight is 229 g/mol. The number of hydrogen-bond acceptors (Lipinski definition) is 2. The first kappa shape index (κ1) is 12.0. The smallest absolute Gasteiger partial charge is 0.122 e. The summed E-state index contributed by atoms with van der Waals surface area (Å²) in [7, 11) is 0. The summed E-state index contributed by atoms with van der Waals surface area (Å²) in [6, 6.07) is 7.11. The maximum absolute atomic E-state index is 5.51. The van der Waals surface area contributed by atoms with Gasteiger partial charge in [-0.2, -0.15) is 0 Å². The molecular formula is C15H19NO. The van der Waals surface area contributed by atoms with Crippen molar-refractivity contribution in [3.63, 3.8) is 0 Å². The van der Waals surface area contributed by atoms with Crippen LogP contribution in [-0.4, -0.2) is 12.6 Å². The molecule has 0 amide bonds. The molecule has 0 saturated carbocycles. The van der Waals surface area contributed by atoms with Crippen LogP contribution in [0.4, 0.5) is 0 Å². The van der Waals surface area contributed by atoms with E-state index in [4.69, 9.17) is 11.2 Å². The van der Waals surface area contributed by atoms with Crippen LogP contribution in [0.25, 0.3) is 0 Å². The van der Waals surface area contributed by atoms with Gasteiger partial charge in [-0.3, -0.25) is 0 Å². The topological polar surface area (TPSA) is 21.3 Å². The van der Waals surface area contributed by atoms with Crippen LogP contribution in [-0.2, 0) is 6.42 Å². The van der Waals surface area contributed by atoms with E-state index in [0.717, 1.165) is 25.2 Å². The van der Waals surface area contributed by atoms with Crippen molar-refractivity contribution in [1.29, 1.82) is 0 Å². The van der Waals surface area contributed by atoms with E-state index in [-0.39, 0.29) is 0 Å². The lowest BCUT2D eigenvalue weighted by Gasteiger charge is -2.19. The van der Waals surface area contributed by atoms with Gasteiger partial charge in [-0.05, 0) is 31.0 Å². The van der Waals surface area contributed by atoms with Crippen LogP contribution in [0.5, 0.6) is 5.75 Å². The Balaban J connectivity index is 2.04. The summed E-state index contributed by atoms with van der Waals surface area (Å²) in [6.45, 7) is 5.10. The fourth-order valence-corrected chi connectivity index (χ4v) is 2.23. The predicted octanol–water partition coefficient (Wildman–Crippen LogP) is 2.68. The first-order valence-electron chi connectivity index (χ1n) is 6.16. The lowest BCUT2D eigenvalue weighted by molar-refractivity contribution is 0.356. The van der Waals surface area contributed by atoms with Crippen LogP contribution >= 0.6 is 0 Å². The second-order valence-electron chi connectivity index (χ2n) is 4.66. The summed E-state index contributed by atoms with van der Waals surface area (Å²) >= 11 is 0. The van der Waals surface area contributed by atoms with Crippen LogP contribution in [0.1, 0.15) is 37.4 Å². The summed E-state index contributed by atoms with van der Waals surface area (Å²) in [6.07, 6.45) is 7.10. The molecule has 1 aromatic carbocycles. The van der Waals surface area contributed by atoms with E-state index in [1.54, 1.807) is 0 Å². The second kappa shape index (κ2) is 5.25. The molecule has 0 fully saturated rings. The molecule has 1 heterocycles. The van der Waals surface area contributed by atoms with Gasteiger partial charge in [-0.15, -0.1) is 12.3 Å². The normalized spacial score (nSPS) is 16.8. The lowest BCUT2D eigenvalue weighted by atomic mass is 10.0. The number of hydrogen-bond donors (Lipinski definition) is 1. The maximum Gasteiger partial charge on any atom is 0.122 e. The van der Waals surface area contributed by atoms with Gasteiger partial charge in [0.1, 0.15) is 5.75 Å². The van der Waals surface area contributed by atoms with Crippen molar-refractivity contribution in [3.05, 3.63) is 29.3 Å². The van der Waals surface area contributed by atoms with E-state index in [0.29, 0.717) is 12.1 Å². The van der Waals surface area contributed by atoms with Crippen LogP contribution in [0, 0.1) is 12.3 Å². The minimum Gasteiger partial charge on any atom is -0.493 e. The Kier molecular flexibility index (Phi) is 3.71. The standard InChI is InChI=1S/C15H19NO/c1-4-5-11(2)16-12(3)13-6-7-15-14(10-13)8-9-17-15/h1,6-7,10-12,16H,5,8-9H2,2-3H3. The molecular weight excluding hydrogens is 210 g/mol. The number of ether oxygens (including phenoxy) is 1. The van der Waals surface area contributed by atoms with Gasteiger partial charge in [-0.1, -0.05) is 12.1 Å². The van der Waals surface area contributed by atoms with Gasteiger partial charge in [0.05, 0.1) is 6.61 Å². The fraction of sp³-hybridized carbons (Fsp3) is 0.467. The molecule has 2 nitrogen and oxygen atoms in total. The molecule has 0 spiro atoms. The van der Waals surface area contributed by atoms with Gasteiger partial charge in [0, 0.05) is 24.9 Å². The van der Waals surface area contributed by atoms with E-state index in [9.17, 15) is 0 Å². The predicted molar refractivity (Wildman–Crippen MR) is 70.1 cm³/mol. The molecule has 1 N–H and O–H groups in total. The maximum atomic E-state index is 5.51. The zero-order valence-corrected chi connectivity index (χ0v) is 10.5. The quantitative estimate of drug-likeness (QED) is 0.801. The van der Waals surface area contributed by atoms with Crippen molar-refractivity contribution in [2.75, 3.05) is 6.61 Å². The average Bonchev–Trinajstić information content (AvgIpc) is 2.75. The summed E-state index contributed by atoms with van der Waals surface area (Å²) in [4.78, 5) is 0. The monoisotopic (exact) mass is 229 g/mol. The van der Waals surface area contributed by atoms with E-state index in [2.05, 4.69) is 43.3 Å². The van der Waals surface area contributed by atoms with Crippen LogP contribution in [0.15, 0.2) is 18.2 Å². The third-order valence-electron chi connectivity index (χ3n) is 3.17. The summed E-state index contributed by atoms with van der Waals surface area (Å²) in [5.41, 5.74) is 2.62. The largest absolute Gasteiger partial charge is 0.493 e. The van der Waals surface area contributed by atoms with Gasteiger partial charge >= 0.3 is 0 Å². The van der Waals surface area contributed by atoms with E-state index in [1.807, 2.05) is 0 Å². The number of terminal acetylenes is 1. The third kappa shape index (κ3) is 2.81. The Morgan fingerprint density at radius 3 is 3.06 bits per heavy atom. The highest BCUT2D eigenvalue weighted by Crippen LogP contribution is 2.28. The minimum absolute atomic E-state index is 0.323. The summed E-state index contributed by atoms with van der Waals surface area (Å²) < 4.78 is 5.51. The molecule has 0 aromatic heterocycles. The van der Waals surface area contributed by atoms with Gasteiger partial charge in [-0.25, -0.2) is 0 Å². The van der Waals surface area contributed by atoms with Crippen molar-refractivity contribution in [1.82, 2.24) is 5.32 Å². The van der Waals surface area contributed by atoms with Crippen molar-refractivity contribution in [2.45, 2.75) is 38.8 Å². The van der Waals surface area contributed by atoms with Crippen molar-refractivity contribution in [2.24, 2.45) is 0 Å². The van der Waals surface area contributed by atoms with Gasteiger partial charge in [0.15, 0.2) is 0 Å². The van der Waals surface area contributed by atoms with Crippen molar-refractivity contribution < 1.29 is 4.74 Å². The van der Waals surface area contributed by atoms with E-state index in [1.165, 1.54) is 11.1 Å².